The standard InChI is InChI=1S/C23H24FNO2/c1-16-3-5-18(6-4-16)21-13-17(2)22(27-21)14-25-11-12-26-23(15-25)19-7-9-20(24)10-8-19/h3-10,13,23H,11-12,14-15H2,1-2H3. The maximum atomic E-state index is 13.2. The minimum atomic E-state index is -0.221. The number of hydrogen-bond acceptors (Lipinski definition) is 3. The zero-order valence-electron chi connectivity index (χ0n) is 15.7. The molecule has 1 atom stereocenters. The maximum Gasteiger partial charge on any atom is 0.134 e. The van der Waals surface area contributed by atoms with Gasteiger partial charge in [0.15, 0.2) is 0 Å². The average molecular weight is 365 g/mol. The van der Waals surface area contributed by atoms with E-state index >= 15 is 0 Å². The lowest BCUT2D eigenvalue weighted by molar-refractivity contribution is -0.0347. The molecule has 0 bridgehead atoms. The zero-order chi connectivity index (χ0) is 18.8. The summed E-state index contributed by atoms with van der Waals surface area (Å²) in [6.07, 6.45) is -0.0359. The van der Waals surface area contributed by atoms with Crippen LogP contribution in [0.25, 0.3) is 11.3 Å². The number of morpholine rings is 1. The van der Waals surface area contributed by atoms with E-state index in [2.05, 4.69) is 49.1 Å². The van der Waals surface area contributed by atoms with Gasteiger partial charge in [0.25, 0.3) is 0 Å². The first kappa shape index (κ1) is 18.0. The quantitative estimate of drug-likeness (QED) is 0.629. The third-order valence-corrected chi connectivity index (χ3v) is 5.12. The molecule has 0 radical (unpaired) electrons. The summed E-state index contributed by atoms with van der Waals surface area (Å²) in [7, 11) is 0. The Balaban J connectivity index is 1.47. The van der Waals surface area contributed by atoms with Crippen LogP contribution in [0.5, 0.6) is 0 Å². The van der Waals surface area contributed by atoms with Crippen LogP contribution in [-0.2, 0) is 11.3 Å². The lowest BCUT2D eigenvalue weighted by Crippen LogP contribution is -2.37. The number of aryl methyl sites for hydroxylation is 2. The molecular formula is C23H24FNO2. The SMILES string of the molecule is Cc1ccc(-c2cc(C)c(CN3CCOC(c4ccc(F)cc4)C3)o2)cc1. The van der Waals surface area contributed by atoms with E-state index < -0.39 is 0 Å². The highest BCUT2D eigenvalue weighted by molar-refractivity contribution is 5.59. The normalized spacial score (nSPS) is 18.0. The molecule has 0 saturated carbocycles. The van der Waals surface area contributed by atoms with Crippen molar-refractivity contribution in [3.05, 3.63) is 82.9 Å². The van der Waals surface area contributed by atoms with Crippen LogP contribution in [0.3, 0.4) is 0 Å². The predicted octanol–water partition coefficient (Wildman–Crippen LogP) is 5.28. The molecule has 140 valence electrons. The Bertz CT molecular complexity index is 899. The van der Waals surface area contributed by atoms with E-state index in [4.69, 9.17) is 9.15 Å². The van der Waals surface area contributed by atoms with Crippen molar-refractivity contribution in [3.8, 4) is 11.3 Å². The fourth-order valence-electron chi connectivity index (χ4n) is 3.47. The van der Waals surface area contributed by atoms with Gasteiger partial charge in [-0.15, -0.1) is 0 Å². The number of rotatable bonds is 4. The second-order valence-electron chi connectivity index (χ2n) is 7.23. The van der Waals surface area contributed by atoms with Crippen LogP contribution >= 0.6 is 0 Å². The summed E-state index contributed by atoms with van der Waals surface area (Å²) in [5.41, 5.74) is 4.51. The molecule has 4 rings (SSSR count). The van der Waals surface area contributed by atoms with Crippen LogP contribution in [0.2, 0.25) is 0 Å². The van der Waals surface area contributed by atoms with E-state index in [-0.39, 0.29) is 11.9 Å². The third-order valence-electron chi connectivity index (χ3n) is 5.12. The Morgan fingerprint density at radius 1 is 1.04 bits per heavy atom. The van der Waals surface area contributed by atoms with E-state index in [1.807, 2.05) is 0 Å². The van der Waals surface area contributed by atoms with Crippen molar-refractivity contribution in [1.29, 1.82) is 0 Å². The topological polar surface area (TPSA) is 25.6 Å². The highest BCUT2D eigenvalue weighted by atomic mass is 19.1. The number of halogens is 1. The third kappa shape index (κ3) is 4.12. The minimum Gasteiger partial charge on any atom is -0.459 e. The molecule has 0 aliphatic carbocycles. The molecule has 0 amide bonds. The molecule has 3 nitrogen and oxygen atoms in total. The molecule has 1 aliphatic rings. The molecule has 1 saturated heterocycles. The zero-order valence-corrected chi connectivity index (χ0v) is 15.7. The second-order valence-corrected chi connectivity index (χ2v) is 7.23. The number of furan rings is 1. The van der Waals surface area contributed by atoms with Crippen LogP contribution in [-0.4, -0.2) is 24.6 Å². The van der Waals surface area contributed by atoms with E-state index in [0.717, 1.165) is 47.8 Å². The van der Waals surface area contributed by atoms with Crippen LogP contribution in [0.4, 0.5) is 4.39 Å². The monoisotopic (exact) mass is 365 g/mol. The summed E-state index contributed by atoms with van der Waals surface area (Å²) < 4.78 is 25.2. The Labute approximate surface area is 159 Å². The van der Waals surface area contributed by atoms with Gasteiger partial charge in [0.1, 0.15) is 17.3 Å². The summed E-state index contributed by atoms with van der Waals surface area (Å²) in [6.45, 7) is 7.21. The lowest BCUT2D eigenvalue weighted by atomic mass is 10.1. The summed E-state index contributed by atoms with van der Waals surface area (Å²) in [5, 5.41) is 0. The van der Waals surface area contributed by atoms with Gasteiger partial charge in [-0.3, -0.25) is 4.90 Å². The largest absolute Gasteiger partial charge is 0.459 e. The van der Waals surface area contributed by atoms with E-state index in [9.17, 15) is 4.39 Å². The van der Waals surface area contributed by atoms with Crippen molar-refractivity contribution in [3.63, 3.8) is 0 Å². The molecule has 1 unspecified atom stereocenters. The Morgan fingerprint density at radius 3 is 2.52 bits per heavy atom. The molecule has 2 aromatic carbocycles. The van der Waals surface area contributed by atoms with Gasteiger partial charge in [0.2, 0.25) is 0 Å². The Kier molecular flexibility index (Phi) is 5.10. The Hall–Kier alpha value is -2.43. The highest BCUT2D eigenvalue weighted by Gasteiger charge is 2.23. The van der Waals surface area contributed by atoms with Crippen molar-refractivity contribution < 1.29 is 13.5 Å². The molecular weight excluding hydrogens is 341 g/mol. The first-order valence-electron chi connectivity index (χ1n) is 9.34. The second kappa shape index (κ2) is 7.67. The van der Waals surface area contributed by atoms with Crippen LogP contribution in [0, 0.1) is 19.7 Å². The van der Waals surface area contributed by atoms with Crippen LogP contribution < -0.4 is 0 Å². The summed E-state index contributed by atoms with van der Waals surface area (Å²) in [6, 6.07) is 17.1. The van der Waals surface area contributed by atoms with Crippen molar-refractivity contribution in [1.82, 2.24) is 4.90 Å². The van der Waals surface area contributed by atoms with Crippen LogP contribution in [0.1, 0.15) is 28.6 Å². The van der Waals surface area contributed by atoms with Crippen LogP contribution in [0.15, 0.2) is 59.0 Å². The van der Waals surface area contributed by atoms with Gasteiger partial charge in [-0.2, -0.15) is 0 Å². The van der Waals surface area contributed by atoms with Crippen molar-refractivity contribution >= 4 is 0 Å². The fraction of sp³-hybridized carbons (Fsp3) is 0.304. The summed E-state index contributed by atoms with van der Waals surface area (Å²) in [4.78, 5) is 2.34. The van der Waals surface area contributed by atoms with Gasteiger partial charge in [-0.1, -0.05) is 42.0 Å². The highest BCUT2D eigenvalue weighted by Crippen LogP contribution is 2.28. The number of ether oxygens (including phenoxy) is 1. The lowest BCUT2D eigenvalue weighted by Gasteiger charge is -2.32. The molecule has 0 N–H and O–H groups in total. The van der Waals surface area contributed by atoms with E-state index in [1.165, 1.54) is 17.7 Å². The van der Waals surface area contributed by atoms with E-state index in [1.54, 1.807) is 12.1 Å². The molecule has 2 heterocycles. The molecule has 1 aliphatic heterocycles. The number of hydrogen-bond donors (Lipinski definition) is 0. The Morgan fingerprint density at radius 2 is 1.78 bits per heavy atom. The fourth-order valence-corrected chi connectivity index (χ4v) is 3.47. The summed E-state index contributed by atoms with van der Waals surface area (Å²) in [5.74, 6) is 1.68. The molecule has 1 fully saturated rings. The van der Waals surface area contributed by atoms with Gasteiger partial charge in [-0.05, 0) is 43.2 Å². The van der Waals surface area contributed by atoms with E-state index in [0.29, 0.717) is 6.61 Å². The molecule has 0 spiro atoms. The number of benzene rings is 2. The molecule has 1 aromatic heterocycles. The smallest absolute Gasteiger partial charge is 0.134 e. The van der Waals surface area contributed by atoms with Gasteiger partial charge >= 0.3 is 0 Å². The summed E-state index contributed by atoms with van der Waals surface area (Å²) >= 11 is 0. The predicted molar refractivity (Wildman–Crippen MR) is 104 cm³/mol. The van der Waals surface area contributed by atoms with Crippen molar-refractivity contribution in [2.75, 3.05) is 19.7 Å². The average Bonchev–Trinajstić information content (AvgIpc) is 3.03. The minimum absolute atomic E-state index is 0.0359. The van der Waals surface area contributed by atoms with Crippen molar-refractivity contribution in [2.24, 2.45) is 0 Å². The number of nitrogens with zero attached hydrogens (tertiary/aromatic N) is 1. The maximum absolute atomic E-state index is 13.2. The molecule has 27 heavy (non-hydrogen) atoms. The van der Waals surface area contributed by atoms with Gasteiger partial charge in [0.05, 0.1) is 19.3 Å². The van der Waals surface area contributed by atoms with Crippen molar-refractivity contribution in [2.45, 2.75) is 26.5 Å². The van der Waals surface area contributed by atoms with Gasteiger partial charge < -0.3 is 9.15 Å². The first-order chi connectivity index (χ1) is 13.1. The van der Waals surface area contributed by atoms with Gasteiger partial charge in [0, 0.05) is 18.7 Å². The first-order valence-corrected chi connectivity index (χ1v) is 9.34. The molecule has 4 heteroatoms. The van der Waals surface area contributed by atoms with Gasteiger partial charge in [-0.25, -0.2) is 4.39 Å². The molecule has 3 aromatic rings.